The van der Waals surface area contributed by atoms with Crippen LogP contribution in [-0.4, -0.2) is 41.0 Å². The van der Waals surface area contributed by atoms with Gasteiger partial charge in [0.25, 0.3) is 0 Å². The number of aliphatic hydroxyl groups is 1. The van der Waals surface area contributed by atoms with Crippen LogP contribution in [0.5, 0.6) is 5.75 Å². The number of para-hydroxylation sites is 1. The molecule has 0 spiro atoms. The van der Waals surface area contributed by atoms with E-state index in [-0.39, 0.29) is 5.75 Å². The van der Waals surface area contributed by atoms with Gasteiger partial charge in [-0.1, -0.05) is 47.3 Å². The number of phenols is 1. The lowest BCUT2D eigenvalue weighted by Gasteiger charge is -2.32. The van der Waals surface area contributed by atoms with Crippen molar-refractivity contribution in [3.63, 3.8) is 0 Å². The topological polar surface area (TPSA) is 124 Å². The van der Waals surface area contributed by atoms with Gasteiger partial charge in [0.05, 0.1) is 11.0 Å². The van der Waals surface area contributed by atoms with Crippen LogP contribution in [0.2, 0.25) is 0 Å². The quantitative estimate of drug-likeness (QED) is 0.345. The second kappa shape index (κ2) is 5.74. The van der Waals surface area contributed by atoms with Crippen LogP contribution >= 0.6 is 0 Å². The van der Waals surface area contributed by atoms with Gasteiger partial charge in [0.15, 0.2) is 0 Å². The smallest absolute Gasteiger partial charge is 0.146 e. The lowest BCUT2D eigenvalue weighted by Crippen LogP contribution is -2.30. The Morgan fingerprint density at radius 2 is 1.53 bits per heavy atom. The molecule has 6 rings (SSSR count). The maximum atomic E-state index is 12.4. The zero-order valence-electron chi connectivity index (χ0n) is 15.7. The number of H-pyrrole nitrogens is 2. The summed E-state index contributed by atoms with van der Waals surface area (Å²) in [6.45, 7) is 4.30. The first-order valence-electron chi connectivity index (χ1n) is 9.45. The van der Waals surface area contributed by atoms with Crippen molar-refractivity contribution >= 4 is 27.6 Å². The molecule has 2 heterocycles. The summed E-state index contributed by atoms with van der Waals surface area (Å²) in [4.78, 5) is 0. The highest BCUT2D eigenvalue weighted by molar-refractivity contribution is 5.97. The Balaban J connectivity index is 1.80. The van der Waals surface area contributed by atoms with Crippen molar-refractivity contribution in [1.29, 1.82) is 0 Å². The van der Waals surface area contributed by atoms with Crippen molar-refractivity contribution in [3.8, 4) is 5.75 Å². The van der Waals surface area contributed by atoms with Gasteiger partial charge in [0.2, 0.25) is 0 Å². The van der Waals surface area contributed by atoms with Crippen LogP contribution in [0.1, 0.15) is 27.8 Å². The van der Waals surface area contributed by atoms with Gasteiger partial charge in [-0.2, -0.15) is 0 Å². The number of nitrogens with zero attached hydrogens (tertiary/aromatic N) is 4. The highest BCUT2D eigenvalue weighted by Crippen LogP contribution is 2.51. The summed E-state index contributed by atoms with van der Waals surface area (Å²) >= 11 is 0. The molecule has 146 valence electrons. The van der Waals surface area contributed by atoms with E-state index in [2.05, 4.69) is 37.4 Å². The third kappa shape index (κ3) is 2.03. The summed E-state index contributed by atoms with van der Waals surface area (Å²) in [5.74, 6) is -0.0385. The van der Waals surface area contributed by atoms with Crippen molar-refractivity contribution in [2.24, 2.45) is 0 Å². The van der Waals surface area contributed by atoms with E-state index in [4.69, 9.17) is 0 Å². The Kier molecular flexibility index (Phi) is 3.23. The third-order valence-electron chi connectivity index (χ3n) is 5.94. The molecule has 1 aliphatic rings. The number of fused-ring (bicyclic) bond motifs is 6. The molecule has 1 unspecified atom stereocenters. The number of aromatic nitrogens is 6. The Morgan fingerprint density at radius 3 is 2.30 bits per heavy atom. The molecule has 8 heteroatoms. The monoisotopic (exact) mass is 396 g/mol. The molecule has 5 aromatic rings. The molecule has 8 nitrogen and oxygen atoms in total. The SMILES string of the molecule is C=C1c2c(ccc3[nH]nnc23)Cc2ccc3[nH]nnc3c2C1(O)c1ccccc1O. The summed E-state index contributed by atoms with van der Waals surface area (Å²) in [5.41, 5.74) is 4.62. The van der Waals surface area contributed by atoms with Crippen LogP contribution in [0.25, 0.3) is 27.6 Å². The van der Waals surface area contributed by atoms with Crippen LogP contribution < -0.4 is 0 Å². The Labute approximate surface area is 169 Å². The van der Waals surface area contributed by atoms with E-state index in [1.165, 1.54) is 0 Å². The molecule has 30 heavy (non-hydrogen) atoms. The second-order valence-corrected chi connectivity index (χ2v) is 7.50. The molecule has 0 fully saturated rings. The maximum Gasteiger partial charge on any atom is 0.146 e. The lowest BCUT2D eigenvalue weighted by molar-refractivity contribution is 0.143. The van der Waals surface area contributed by atoms with Crippen molar-refractivity contribution in [2.75, 3.05) is 0 Å². The van der Waals surface area contributed by atoms with Gasteiger partial charge >= 0.3 is 0 Å². The fourth-order valence-electron chi connectivity index (χ4n) is 4.56. The minimum atomic E-state index is -1.75. The fourth-order valence-corrected chi connectivity index (χ4v) is 4.56. The number of benzene rings is 3. The van der Waals surface area contributed by atoms with Crippen molar-refractivity contribution in [2.45, 2.75) is 12.0 Å². The Bertz CT molecular complexity index is 1480. The van der Waals surface area contributed by atoms with E-state index in [9.17, 15) is 10.2 Å². The summed E-state index contributed by atoms with van der Waals surface area (Å²) in [7, 11) is 0. The highest BCUT2D eigenvalue weighted by atomic mass is 16.3. The molecular weight excluding hydrogens is 380 g/mol. The molecule has 0 aliphatic heterocycles. The Morgan fingerprint density at radius 1 is 0.867 bits per heavy atom. The lowest BCUT2D eigenvalue weighted by atomic mass is 9.76. The van der Waals surface area contributed by atoms with Gasteiger partial charge in [-0.15, -0.1) is 10.2 Å². The van der Waals surface area contributed by atoms with E-state index >= 15 is 0 Å². The van der Waals surface area contributed by atoms with Gasteiger partial charge in [-0.3, -0.25) is 10.2 Å². The van der Waals surface area contributed by atoms with Crippen molar-refractivity contribution < 1.29 is 10.2 Å². The van der Waals surface area contributed by atoms with Crippen LogP contribution in [0, 0.1) is 0 Å². The van der Waals surface area contributed by atoms with E-state index in [1.54, 1.807) is 24.3 Å². The van der Waals surface area contributed by atoms with Gasteiger partial charge in [0.1, 0.15) is 22.4 Å². The number of nitrogens with one attached hydrogen (secondary N) is 2. The van der Waals surface area contributed by atoms with E-state index < -0.39 is 5.60 Å². The molecule has 0 amide bonds. The third-order valence-corrected chi connectivity index (χ3v) is 5.94. The molecule has 2 aromatic heterocycles. The summed E-state index contributed by atoms with van der Waals surface area (Å²) < 4.78 is 0. The van der Waals surface area contributed by atoms with E-state index in [0.29, 0.717) is 45.2 Å². The summed E-state index contributed by atoms with van der Waals surface area (Å²) in [5, 5.41) is 45.2. The predicted molar refractivity (Wildman–Crippen MR) is 111 cm³/mol. The number of hydrogen-bond donors (Lipinski definition) is 4. The first-order chi connectivity index (χ1) is 14.6. The van der Waals surface area contributed by atoms with E-state index in [0.717, 1.165) is 16.6 Å². The average molecular weight is 396 g/mol. The summed E-state index contributed by atoms with van der Waals surface area (Å²) in [6.07, 6.45) is 0.533. The molecule has 1 atom stereocenters. The van der Waals surface area contributed by atoms with E-state index in [1.807, 2.05) is 24.3 Å². The zero-order valence-corrected chi connectivity index (χ0v) is 15.7. The molecule has 0 saturated heterocycles. The molecule has 0 radical (unpaired) electrons. The second-order valence-electron chi connectivity index (χ2n) is 7.50. The number of phenolic OH excluding ortho intramolecular Hbond substituents is 1. The van der Waals surface area contributed by atoms with Crippen molar-refractivity contribution in [1.82, 2.24) is 30.8 Å². The molecule has 0 bridgehead atoms. The average Bonchev–Trinajstić information content (AvgIpc) is 3.40. The maximum absolute atomic E-state index is 12.4. The van der Waals surface area contributed by atoms with Gasteiger partial charge in [0, 0.05) is 16.7 Å². The molecule has 4 N–H and O–H groups in total. The highest BCUT2D eigenvalue weighted by Gasteiger charge is 2.44. The number of rotatable bonds is 1. The molecule has 1 aliphatic carbocycles. The fraction of sp³-hybridized carbons (Fsp3) is 0.0909. The molecule has 0 saturated carbocycles. The van der Waals surface area contributed by atoms with Crippen LogP contribution in [-0.2, 0) is 12.0 Å². The van der Waals surface area contributed by atoms with Crippen LogP contribution in [0.15, 0.2) is 55.1 Å². The van der Waals surface area contributed by atoms with Crippen LogP contribution in [0.4, 0.5) is 0 Å². The zero-order chi connectivity index (χ0) is 20.5. The summed E-state index contributed by atoms with van der Waals surface area (Å²) in [6, 6.07) is 14.5. The van der Waals surface area contributed by atoms with Gasteiger partial charge < -0.3 is 10.2 Å². The molecular formula is C22H16N6O2. The first kappa shape index (κ1) is 16.9. The number of hydrogen-bond acceptors (Lipinski definition) is 6. The standard InChI is InChI=1S/C22H16N6O2/c1-11-18-12(6-8-15-20(18)25-27-23-15)10-13-7-9-16-21(26-28-24-16)19(13)22(11,30)14-4-2-3-5-17(14)29/h2-9,29-30H,1,10H2,(H,23,25,27)(H,24,26,28). The normalized spacial score (nSPS) is 18.4. The van der Waals surface area contributed by atoms with Gasteiger partial charge in [-0.25, -0.2) is 0 Å². The number of aromatic amines is 2. The van der Waals surface area contributed by atoms with Crippen molar-refractivity contribution in [3.05, 3.63) is 82.9 Å². The predicted octanol–water partition coefficient (Wildman–Crippen LogP) is 2.79. The number of aromatic hydroxyl groups is 1. The largest absolute Gasteiger partial charge is 0.508 e. The van der Waals surface area contributed by atoms with Gasteiger partial charge in [-0.05, 0) is 41.3 Å². The first-order valence-corrected chi connectivity index (χ1v) is 9.45. The minimum absolute atomic E-state index is 0.0385. The van der Waals surface area contributed by atoms with Crippen LogP contribution in [0.3, 0.4) is 0 Å². The Hall–Kier alpha value is -4.04. The molecule has 3 aromatic carbocycles. The minimum Gasteiger partial charge on any atom is -0.508 e.